The zero-order valence-corrected chi connectivity index (χ0v) is 23.6. The van der Waals surface area contributed by atoms with Gasteiger partial charge in [0.15, 0.2) is 0 Å². The average Bonchev–Trinajstić information content (AvgIpc) is 2.84. The van der Waals surface area contributed by atoms with E-state index in [2.05, 4.69) is 44.0 Å². The lowest BCUT2D eigenvalue weighted by Gasteiger charge is -2.40. The van der Waals surface area contributed by atoms with E-state index in [4.69, 9.17) is 4.74 Å². The molecule has 0 radical (unpaired) electrons. The van der Waals surface area contributed by atoms with Crippen LogP contribution < -0.4 is 15.1 Å². The Hall–Kier alpha value is -3.23. The maximum Gasteiger partial charge on any atom is 0.293 e. The van der Waals surface area contributed by atoms with E-state index in [1.807, 2.05) is 12.3 Å². The zero-order valence-electron chi connectivity index (χ0n) is 22.8. The minimum absolute atomic E-state index is 0.0508. The van der Waals surface area contributed by atoms with Gasteiger partial charge in [-0.2, -0.15) is 4.98 Å². The summed E-state index contributed by atoms with van der Waals surface area (Å²) in [6, 6.07) is 3.50. The number of sulfone groups is 1. The lowest BCUT2D eigenvalue weighted by Crippen LogP contribution is -2.60. The van der Waals surface area contributed by atoms with E-state index >= 15 is 0 Å². The van der Waals surface area contributed by atoms with Crippen molar-refractivity contribution in [3.05, 3.63) is 36.3 Å². The minimum Gasteiger partial charge on any atom is -0.388 e. The fraction of sp³-hybridized carbons (Fsp3) is 0.538. The quantitative estimate of drug-likeness (QED) is 0.409. The van der Waals surface area contributed by atoms with Crippen LogP contribution in [0.25, 0.3) is 10.8 Å². The summed E-state index contributed by atoms with van der Waals surface area (Å²) in [5, 5.41) is 15.1. The first kappa shape index (κ1) is 28.3. The number of ether oxygens (including phenoxy) is 1. The van der Waals surface area contributed by atoms with Crippen LogP contribution in [0.2, 0.25) is 0 Å². The standard InChI is InChI=1S/C26H33F2N7O4S/c1-15(2)18-8-31-24(34-10-16(11-34)13-40(4,37)38)19-9-30-22(7-17(18)19)32-21-5-6-29-25(33-21)35-12-20(36)23(39-3)26(27,28)14-35/h5-9,15-16,20,23,36H,10-14H2,1-4H3,(H,29,30,32,33)/t20-,23-/m0/s1. The van der Waals surface area contributed by atoms with Gasteiger partial charge in [0.05, 0.1) is 12.3 Å². The zero-order chi connectivity index (χ0) is 28.8. The van der Waals surface area contributed by atoms with Gasteiger partial charge in [-0.05, 0) is 29.0 Å². The molecule has 2 atom stereocenters. The number of pyridine rings is 2. The van der Waals surface area contributed by atoms with Crippen LogP contribution in [0.15, 0.2) is 30.7 Å². The molecule has 2 aliphatic rings. The molecule has 14 heteroatoms. The van der Waals surface area contributed by atoms with Gasteiger partial charge < -0.3 is 25.0 Å². The number of hydrogen-bond donors (Lipinski definition) is 2. The second-order valence-electron chi connectivity index (χ2n) is 10.9. The molecule has 216 valence electrons. The SMILES string of the molecule is CO[C@H]1[C@@H](O)CN(c2nccc(Nc3cc4c(C(C)C)cnc(N5CC(CS(C)(=O)=O)C5)c4cn3)n2)CC1(F)F. The second-order valence-corrected chi connectivity index (χ2v) is 13.1. The van der Waals surface area contributed by atoms with Gasteiger partial charge in [-0.1, -0.05) is 13.8 Å². The van der Waals surface area contributed by atoms with Crippen LogP contribution >= 0.6 is 0 Å². The number of nitrogens with one attached hydrogen (secondary N) is 1. The third kappa shape index (κ3) is 5.79. The molecule has 3 aromatic heterocycles. The Morgan fingerprint density at radius 3 is 2.52 bits per heavy atom. The molecule has 0 amide bonds. The number of rotatable bonds is 8. The monoisotopic (exact) mass is 577 g/mol. The average molecular weight is 578 g/mol. The molecule has 40 heavy (non-hydrogen) atoms. The number of fused-ring (bicyclic) bond motifs is 1. The smallest absolute Gasteiger partial charge is 0.293 e. The summed E-state index contributed by atoms with van der Waals surface area (Å²) in [4.78, 5) is 21.1. The molecule has 0 bridgehead atoms. The van der Waals surface area contributed by atoms with Crippen molar-refractivity contribution < 1.29 is 27.0 Å². The number of hydrogen-bond acceptors (Lipinski definition) is 11. The number of halogens is 2. The van der Waals surface area contributed by atoms with E-state index in [9.17, 15) is 22.3 Å². The highest BCUT2D eigenvalue weighted by Gasteiger charge is 2.50. The predicted molar refractivity (Wildman–Crippen MR) is 148 cm³/mol. The number of nitrogens with zero attached hydrogens (tertiary/aromatic N) is 6. The van der Waals surface area contributed by atoms with Crippen LogP contribution in [0.5, 0.6) is 0 Å². The molecule has 11 nitrogen and oxygen atoms in total. The van der Waals surface area contributed by atoms with Crippen LogP contribution in [0.1, 0.15) is 25.3 Å². The molecular weight excluding hydrogens is 544 g/mol. The first-order valence-electron chi connectivity index (χ1n) is 13.0. The number of methoxy groups -OCH3 is 1. The Labute approximate surface area is 231 Å². The van der Waals surface area contributed by atoms with Crippen molar-refractivity contribution in [1.82, 2.24) is 19.9 Å². The molecule has 2 aliphatic heterocycles. The van der Waals surface area contributed by atoms with Crippen LogP contribution in [0, 0.1) is 5.92 Å². The summed E-state index contributed by atoms with van der Waals surface area (Å²) in [6.07, 6.45) is 3.28. The van der Waals surface area contributed by atoms with E-state index in [0.29, 0.717) is 24.7 Å². The largest absolute Gasteiger partial charge is 0.388 e. The highest BCUT2D eigenvalue weighted by molar-refractivity contribution is 7.90. The van der Waals surface area contributed by atoms with Gasteiger partial charge in [0, 0.05) is 62.9 Å². The van der Waals surface area contributed by atoms with Crippen LogP contribution in [-0.4, -0.2) is 96.9 Å². The molecule has 2 fully saturated rings. The molecule has 5 heterocycles. The van der Waals surface area contributed by atoms with Crippen molar-refractivity contribution in [1.29, 1.82) is 0 Å². The van der Waals surface area contributed by atoms with Crippen LogP contribution in [0.3, 0.4) is 0 Å². The van der Waals surface area contributed by atoms with Crippen LogP contribution in [-0.2, 0) is 14.6 Å². The van der Waals surface area contributed by atoms with Crippen molar-refractivity contribution in [3.8, 4) is 0 Å². The highest BCUT2D eigenvalue weighted by Crippen LogP contribution is 2.36. The van der Waals surface area contributed by atoms with E-state index < -0.39 is 34.5 Å². The normalized spacial score (nSPS) is 21.6. The van der Waals surface area contributed by atoms with E-state index in [0.717, 1.165) is 29.3 Å². The Balaban J connectivity index is 1.39. The summed E-state index contributed by atoms with van der Waals surface area (Å²) in [5.41, 5.74) is 1.03. The van der Waals surface area contributed by atoms with Gasteiger partial charge in [-0.25, -0.2) is 32.2 Å². The van der Waals surface area contributed by atoms with E-state index in [-0.39, 0.29) is 30.1 Å². The minimum atomic E-state index is -3.28. The number of β-amino-alcohol motifs (C(OH)–C–C–N with tert-alkyl or cyclic N) is 1. The number of aliphatic hydroxyl groups excluding tert-OH is 1. The molecule has 2 saturated heterocycles. The maximum atomic E-state index is 14.5. The summed E-state index contributed by atoms with van der Waals surface area (Å²) >= 11 is 0. The first-order chi connectivity index (χ1) is 18.8. The molecule has 0 unspecified atom stereocenters. The number of piperidine rings is 1. The Morgan fingerprint density at radius 1 is 1.12 bits per heavy atom. The Kier molecular flexibility index (Phi) is 7.52. The fourth-order valence-corrected chi connectivity index (χ4v) is 6.46. The van der Waals surface area contributed by atoms with Gasteiger partial charge in [0.25, 0.3) is 5.92 Å². The van der Waals surface area contributed by atoms with Crippen molar-refractivity contribution in [3.63, 3.8) is 0 Å². The fourth-order valence-electron chi connectivity index (χ4n) is 5.39. The maximum absolute atomic E-state index is 14.5. The van der Waals surface area contributed by atoms with Crippen molar-refractivity contribution >= 4 is 44.0 Å². The lowest BCUT2D eigenvalue weighted by atomic mass is 9.97. The molecule has 2 N–H and O–H groups in total. The Bertz CT molecular complexity index is 1500. The molecule has 0 spiro atoms. The molecule has 0 aliphatic carbocycles. The molecule has 0 saturated carbocycles. The Morgan fingerprint density at radius 2 is 1.88 bits per heavy atom. The predicted octanol–water partition coefficient (Wildman–Crippen LogP) is 2.60. The second kappa shape index (κ2) is 10.6. The third-order valence-corrected chi connectivity index (χ3v) is 8.29. The molecular formula is C26H33F2N7O4S. The number of anilines is 4. The highest BCUT2D eigenvalue weighted by atomic mass is 32.2. The van der Waals surface area contributed by atoms with Crippen LogP contribution in [0.4, 0.5) is 32.2 Å². The van der Waals surface area contributed by atoms with E-state index in [1.165, 1.54) is 17.4 Å². The van der Waals surface area contributed by atoms with Gasteiger partial charge in [-0.15, -0.1) is 0 Å². The third-order valence-electron chi connectivity index (χ3n) is 7.21. The number of aliphatic hydroxyl groups is 1. The first-order valence-corrected chi connectivity index (χ1v) is 15.1. The molecule has 0 aromatic carbocycles. The van der Waals surface area contributed by atoms with Crippen molar-refractivity contribution in [2.24, 2.45) is 5.92 Å². The van der Waals surface area contributed by atoms with Gasteiger partial charge >= 0.3 is 0 Å². The summed E-state index contributed by atoms with van der Waals surface area (Å²) in [7, 11) is -1.89. The molecule has 5 rings (SSSR count). The van der Waals surface area contributed by atoms with Gasteiger partial charge in [0.2, 0.25) is 5.95 Å². The topological polar surface area (TPSA) is 134 Å². The molecule has 3 aromatic rings. The summed E-state index contributed by atoms with van der Waals surface area (Å²) in [5.74, 6) is -1.21. The van der Waals surface area contributed by atoms with Gasteiger partial charge in [0.1, 0.15) is 39.5 Å². The summed E-state index contributed by atoms with van der Waals surface area (Å²) < 4.78 is 57.2. The summed E-state index contributed by atoms with van der Waals surface area (Å²) in [6.45, 7) is 4.58. The van der Waals surface area contributed by atoms with Crippen molar-refractivity contribution in [2.45, 2.75) is 37.9 Å². The van der Waals surface area contributed by atoms with Crippen molar-refractivity contribution in [2.75, 3.05) is 60.4 Å². The number of alkyl halides is 2. The van der Waals surface area contributed by atoms with E-state index in [1.54, 1.807) is 12.3 Å². The van der Waals surface area contributed by atoms with Gasteiger partial charge in [-0.3, -0.25) is 0 Å². The lowest BCUT2D eigenvalue weighted by molar-refractivity contribution is -0.171. The number of aromatic nitrogens is 4.